The molecule has 0 spiro atoms. The Morgan fingerprint density at radius 2 is 2.45 bits per heavy atom. The third-order valence-electron chi connectivity index (χ3n) is 1.65. The number of epoxide rings is 1. The molecule has 2 unspecified atom stereocenters. The lowest BCUT2D eigenvalue weighted by Gasteiger charge is -2.08. The van der Waals surface area contributed by atoms with Gasteiger partial charge in [-0.15, -0.1) is 0 Å². The molecule has 0 aliphatic carbocycles. The topological polar surface area (TPSA) is 21.8 Å². The quantitative estimate of drug-likeness (QED) is 0.509. The predicted molar refractivity (Wildman–Crippen MR) is 47.9 cm³/mol. The number of hydrogen-bond donors (Lipinski definition) is 0. The van der Waals surface area contributed by atoms with E-state index in [9.17, 15) is 0 Å². The Morgan fingerprint density at radius 3 is 3.00 bits per heavy atom. The maximum atomic E-state index is 5.46. The Labute approximate surface area is 76.4 Å². The summed E-state index contributed by atoms with van der Waals surface area (Å²) in [5.74, 6) is 0. The van der Waals surface area contributed by atoms with Crippen LogP contribution >= 0.6 is 15.9 Å². The number of ether oxygens (including phenoxy) is 2. The minimum absolute atomic E-state index is 0.228. The third kappa shape index (κ3) is 4.77. The van der Waals surface area contributed by atoms with Crippen molar-refractivity contribution in [3.05, 3.63) is 0 Å². The van der Waals surface area contributed by atoms with Gasteiger partial charge in [0.2, 0.25) is 0 Å². The summed E-state index contributed by atoms with van der Waals surface area (Å²) < 4.78 is 10.5. The number of rotatable bonds is 6. The number of hydrogen-bond acceptors (Lipinski definition) is 2. The van der Waals surface area contributed by atoms with E-state index in [0.29, 0.717) is 6.10 Å². The van der Waals surface area contributed by atoms with Crippen LogP contribution in [0.3, 0.4) is 0 Å². The molecule has 1 fully saturated rings. The van der Waals surface area contributed by atoms with Crippen LogP contribution in [-0.2, 0) is 9.47 Å². The van der Waals surface area contributed by atoms with E-state index in [0.717, 1.165) is 19.6 Å². The van der Waals surface area contributed by atoms with E-state index in [4.69, 9.17) is 9.47 Å². The average Bonchev–Trinajstić information content (AvgIpc) is 2.80. The summed E-state index contributed by atoms with van der Waals surface area (Å²) >= 11 is 3.46. The van der Waals surface area contributed by atoms with E-state index in [2.05, 4.69) is 22.9 Å². The van der Waals surface area contributed by atoms with Gasteiger partial charge in [0.15, 0.2) is 0 Å². The van der Waals surface area contributed by atoms with E-state index in [1.54, 1.807) is 0 Å². The highest BCUT2D eigenvalue weighted by atomic mass is 79.9. The Hall–Kier alpha value is 0.400. The monoisotopic (exact) mass is 222 g/mol. The van der Waals surface area contributed by atoms with Gasteiger partial charge in [-0.25, -0.2) is 0 Å². The molecule has 1 heterocycles. The van der Waals surface area contributed by atoms with Gasteiger partial charge in [0.05, 0.1) is 13.2 Å². The van der Waals surface area contributed by atoms with E-state index in [1.807, 2.05) is 0 Å². The molecular formula is C8H15BrO2. The van der Waals surface area contributed by atoms with Gasteiger partial charge in [-0.3, -0.25) is 0 Å². The second kappa shape index (κ2) is 5.12. The van der Waals surface area contributed by atoms with Gasteiger partial charge in [-0.1, -0.05) is 35.7 Å². The van der Waals surface area contributed by atoms with Crippen LogP contribution in [0.1, 0.15) is 26.2 Å². The molecule has 2 nitrogen and oxygen atoms in total. The molecule has 0 N–H and O–H groups in total. The molecule has 0 aromatic heterocycles. The molecule has 3 heteroatoms. The molecule has 1 saturated heterocycles. The van der Waals surface area contributed by atoms with Crippen LogP contribution in [0.2, 0.25) is 0 Å². The molecule has 1 aliphatic heterocycles. The van der Waals surface area contributed by atoms with E-state index in [1.165, 1.54) is 12.8 Å². The second-order valence-electron chi connectivity index (χ2n) is 2.84. The molecule has 0 radical (unpaired) electrons. The third-order valence-corrected chi connectivity index (χ3v) is 2.37. The molecule has 2 atom stereocenters. The Bertz CT molecular complexity index is 104. The lowest BCUT2D eigenvalue weighted by molar-refractivity contribution is 0.0948. The highest BCUT2D eigenvalue weighted by Gasteiger charge is 2.23. The van der Waals surface area contributed by atoms with Crippen molar-refractivity contribution in [2.24, 2.45) is 0 Å². The molecule has 66 valence electrons. The summed E-state index contributed by atoms with van der Waals surface area (Å²) in [6.07, 6.45) is 3.94. The van der Waals surface area contributed by atoms with Crippen molar-refractivity contribution < 1.29 is 9.47 Å². The molecular weight excluding hydrogens is 208 g/mol. The summed E-state index contributed by atoms with van der Waals surface area (Å²) in [7, 11) is 0. The standard InChI is InChI=1S/C8H15BrO2/c1-2-3-4-8(9)11-6-7-5-10-7/h7-8H,2-6H2,1H3. The van der Waals surface area contributed by atoms with E-state index in [-0.39, 0.29) is 5.01 Å². The van der Waals surface area contributed by atoms with Gasteiger partial charge in [0, 0.05) is 0 Å². The summed E-state index contributed by atoms with van der Waals surface area (Å²) in [6, 6.07) is 0. The SMILES string of the molecule is CCCCC(Br)OCC1CO1. The number of halogens is 1. The molecule has 1 aliphatic rings. The van der Waals surface area contributed by atoms with Crippen LogP contribution in [0.4, 0.5) is 0 Å². The van der Waals surface area contributed by atoms with Crippen molar-refractivity contribution >= 4 is 15.9 Å². The maximum Gasteiger partial charge on any atom is 0.112 e. The first kappa shape index (κ1) is 9.49. The smallest absolute Gasteiger partial charge is 0.112 e. The van der Waals surface area contributed by atoms with Crippen molar-refractivity contribution in [3.8, 4) is 0 Å². The van der Waals surface area contributed by atoms with Crippen molar-refractivity contribution in [2.75, 3.05) is 13.2 Å². The summed E-state index contributed by atoms with van der Waals surface area (Å²) in [6.45, 7) is 3.82. The molecule has 1 rings (SSSR count). The molecule has 0 bridgehead atoms. The largest absolute Gasteiger partial charge is 0.371 e. The Balaban J connectivity index is 1.87. The number of alkyl halides is 1. The van der Waals surface area contributed by atoms with Crippen LogP contribution in [0.15, 0.2) is 0 Å². The first-order valence-electron chi connectivity index (χ1n) is 4.20. The van der Waals surface area contributed by atoms with Crippen molar-refractivity contribution in [3.63, 3.8) is 0 Å². The van der Waals surface area contributed by atoms with Gasteiger partial charge in [0.1, 0.15) is 11.1 Å². The summed E-state index contributed by atoms with van der Waals surface area (Å²) in [5.41, 5.74) is 0. The molecule has 11 heavy (non-hydrogen) atoms. The van der Waals surface area contributed by atoms with Gasteiger partial charge in [-0.2, -0.15) is 0 Å². The van der Waals surface area contributed by atoms with E-state index >= 15 is 0 Å². The normalized spacial score (nSPS) is 25.1. The van der Waals surface area contributed by atoms with Crippen LogP contribution in [0.25, 0.3) is 0 Å². The van der Waals surface area contributed by atoms with Gasteiger partial charge >= 0.3 is 0 Å². The number of unbranched alkanes of at least 4 members (excludes halogenated alkanes) is 1. The predicted octanol–water partition coefficient (Wildman–Crippen LogP) is 2.31. The van der Waals surface area contributed by atoms with Crippen molar-refractivity contribution in [1.29, 1.82) is 0 Å². The molecule has 0 amide bonds. The molecule has 0 saturated carbocycles. The zero-order valence-electron chi connectivity index (χ0n) is 6.88. The first-order chi connectivity index (χ1) is 5.33. The Kier molecular flexibility index (Phi) is 4.41. The van der Waals surface area contributed by atoms with Gasteiger partial charge in [0.25, 0.3) is 0 Å². The fourth-order valence-corrected chi connectivity index (χ4v) is 1.30. The second-order valence-corrected chi connectivity index (χ2v) is 3.86. The van der Waals surface area contributed by atoms with Gasteiger partial charge < -0.3 is 9.47 Å². The highest BCUT2D eigenvalue weighted by Crippen LogP contribution is 2.15. The van der Waals surface area contributed by atoms with Crippen LogP contribution < -0.4 is 0 Å². The van der Waals surface area contributed by atoms with Crippen LogP contribution in [0, 0.1) is 0 Å². The lowest BCUT2D eigenvalue weighted by atomic mass is 10.3. The molecule has 0 aromatic carbocycles. The maximum absolute atomic E-state index is 5.46. The fraction of sp³-hybridized carbons (Fsp3) is 1.00. The average molecular weight is 223 g/mol. The first-order valence-corrected chi connectivity index (χ1v) is 5.11. The minimum Gasteiger partial charge on any atom is -0.371 e. The van der Waals surface area contributed by atoms with E-state index < -0.39 is 0 Å². The van der Waals surface area contributed by atoms with Crippen molar-refractivity contribution in [1.82, 2.24) is 0 Å². The van der Waals surface area contributed by atoms with Crippen LogP contribution in [-0.4, -0.2) is 24.3 Å². The lowest BCUT2D eigenvalue weighted by Crippen LogP contribution is -2.09. The summed E-state index contributed by atoms with van der Waals surface area (Å²) in [4.78, 5) is 0. The molecule has 0 aromatic rings. The van der Waals surface area contributed by atoms with Gasteiger partial charge in [-0.05, 0) is 6.42 Å². The highest BCUT2D eigenvalue weighted by molar-refractivity contribution is 9.09. The minimum atomic E-state index is 0.228. The van der Waals surface area contributed by atoms with Crippen molar-refractivity contribution in [2.45, 2.75) is 37.3 Å². The summed E-state index contributed by atoms with van der Waals surface area (Å²) in [5, 5.41) is 0.228. The fourth-order valence-electron chi connectivity index (χ4n) is 0.824. The zero-order chi connectivity index (χ0) is 8.10. The Morgan fingerprint density at radius 1 is 1.73 bits per heavy atom. The zero-order valence-corrected chi connectivity index (χ0v) is 8.47. The van der Waals surface area contributed by atoms with Crippen LogP contribution in [0.5, 0.6) is 0 Å².